The Balaban J connectivity index is 1.34. The van der Waals surface area contributed by atoms with Crippen LogP contribution in [0.15, 0.2) is 54.0 Å². The van der Waals surface area contributed by atoms with Crippen molar-refractivity contribution in [2.24, 2.45) is 0 Å². The largest absolute Gasteiger partial charge is 0.375 e. The van der Waals surface area contributed by atoms with Gasteiger partial charge in [0.2, 0.25) is 0 Å². The number of ether oxygens (including phenoxy) is 1. The fraction of sp³-hybridized carbons (Fsp3) is 0.500. The zero-order valence-electron chi connectivity index (χ0n) is 18.0. The van der Waals surface area contributed by atoms with Crippen LogP contribution in [-0.2, 0) is 16.7 Å². The predicted octanol–water partition coefficient (Wildman–Crippen LogP) is 6.18. The summed E-state index contributed by atoms with van der Waals surface area (Å²) in [6.07, 6.45) is 10.4. The highest BCUT2D eigenvalue weighted by Crippen LogP contribution is 2.49. The zero-order valence-corrected chi connectivity index (χ0v) is 18.8. The van der Waals surface area contributed by atoms with Crippen LogP contribution in [0.25, 0.3) is 10.1 Å². The fourth-order valence-corrected chi connectivity index (χ4v) is 6.68. The molecule has 1 saturated carbocycles. The Morgan fingerprint density at radius 3 is 2.73 bits per heavy atom. The molecule has 1 saturated heterocycles. The number of rotatable bonds is 6. The van der Waals surface area contributed by atoms with Gasteiger partial charge in [0.25, 0.3) is 0 Å². The molecular weight excluding hydrogens is 388 g/mol. The van der Waals surface area contributed by atoms with Gasteiger partial charge in [-0.1, -0.05) is 37.1 Å². The van der Waals surface area contributed by atoms with Crippen molar-refractivity contribution >= 4 is 21.4 Å². The lowest BCUT2D eigenvalue weighted by Gasteiger charge is -2.47. The summed E-state index contributed by atoms with van der Waals surface area (Å²) >= 11 is 1.86. The molecule has 0 bridgehead atoms. The van der Waals surface area contributed by atoms with E-state index in [1.165, 1.54) is 47.0 Å². The van der Waals surface area contributed by atoms with Crippen LogP contribution in [-0.4, -0.2) is 35.7 Å². The Morgan fingerprint density at radius 2 is 1.90 bits per heavy atom. The van der Waals surface area contributed by atoms with Gasteiger partial charge in [-0.3, -0.25) is 4.98 Å². The first-order valence-electron chi connectivity index (χ1n) is 11.4. The topological polar surface area (TPSA) is 25.4 Å². The first-order chi connectivity index (χ1) is 14.7. The first kappa shape index (κ1) is 20.2. The van der Waals surface area contributed by atoms with Gasteiger partial charge < -0.3 is 9.64 Å². The second kappa shape index (κ2) is 8.41. The van der Waals surface area contributed by atoms with Crippen molar-refractivity contribution in [1.82, 2.24) is 9.88 Å². The third-order valence-electron chi connectivity index (χ3n) is 7.35. The molecule has 2 aliphatic rings. The fourth-order valence-electron chi connectivity index (χ4n) is 5.73. The lowest BCUT2D eigenvalue weighted by atomic mass is 9.68. The van der Waals surface area contributed by atoms with Gasteiger partial charge in [0.1, 0.15) is 0 Å². The predicted molar refractivity (Wildman–Crippen MR) is 125 cm³/mol. The van der Waals surface area contributed by atoms with Gasteiger partial charge in [-0.2, -0.15) is 0 Å². The molecule has 0 N–H and O–H groups in total. The molecule has 3 heterocycles. The number of fused-ring (bicyclic) bond motifs is 1. The smallest absolute Gasteiger partial charge is 0.0691 e. The van der Waals surface area contributed by atoms with E-state index in [1.807, 2.05) is 23.6 Å². The molecule has 2 fully saturated rings. The van der Waals surface area contributed by atoms with Gasteiger partial charge in [-0.05, 0) is 80.2 Å². The van der Waals surface area contributed by atoms with Gasteiger partial charge in [0.15, 0.2) is 0 Å². The number of pyridine rings is 1. The SMILES string of the molecule is CN(CC[C@@]1(c2ccccn2)CCOC2(CCCC2)C1)Cc1csc2ccccc12. The lowest BCUT2D eigenvalue weighted by molar-refractivity contribution is -0.105. The maximum Gasteiger partial charge on any atom is 0.0691 e. The Bertz CT molecular complexity index is 979. The molecule has 3 aromatic rings. The van der Waals surface area contributed by atoms with Crippen molar-refractivity contribution < 1.29 is 4.74 Å². The van der Waals surface area contributed by atoms with Crippen LogP contribution in [0, 0.1) is 0 Å². The van der Waals surface area contributed by atoms with E-state index in [4.69, 9.17) is 9.72 Å². The molecule has 5 rings (SSSR count). The Kier molecular flexibility index (Phi) is 5.65. The van der Waals surface area contributed by atoms with Crippen LogP contribution < -0.4 is 0 Å². The maximum absolute atomic E-state index is 6.40. The minimum absolute atomic E-state index is 0.0951. The Labute approximate surface area is 184 Å². The van der Waals surface area contributed by atoms with Crippen molar-refractivity contribution in [3.8, 4) is 0 Å². The molecule has 3 nitrogen and oxygen atoms in total. The minimum Gasteiger partial charge on any atom is -0.375 e. The molecule has 30 heavy (non-hydrogen) atoms. The van der Waals surface area contributed by atoms with Crippen molar-refractivity contribution in [3.05, 3.63) is 65.3 Å². The summed E-state index contributed by atoms with van der Waals surface area (Å²) in [4.78, 5) is 7.35. The monoisotopic (exact) mass is 420 g/mol. The van der Waals surface area contributed by atoms with Gasteiger partial charge in [0, 0.05) is 35.2 Å². The number of hydrogen-bond acceptors (Lipinski definition) is 4. The van der Waals surface area contributed by atoms with E-state index in [2.05, 4.69) is 53.7 Å². The average Bonchev–Trinajstić information content (AvgIpc) is 3.40. The van der Waals surface area contributed by atoms with Crippen LogP contribution in [0.5, 0.6) is 0 Å². The molecule has 0 amide bonds. The van der Waals surface area contributed by atoms with Gasteiger partial charge >= 0.3 is 0 Å². The molecule has 1 aliphatic heterocycles. The molecular formula is C26H32N2OS. The highest BCUT2D eigenvalue weighted by Gasteiger charge is 2.48. The summed E-state index contributed by atoms with van der Waals surface area (Å²) in [6, 6.07) is 15.2. The van der Waals surface area contributed by atoms with Crippen molar-refractivity contribution in [2.75, 3.05) is 20.2 Å². The summed E-state index contributed by atoms with van der Waals surface area (Å²) in [6.45, 7) is 2.95. The number of benzene rings is 1. The summed E-state index contributed by atoms with van der Waals surface area (Å²) in [5, 5.41) is 3.74. The Morgan fingerprint density at radius 1 is 1.07 bits per heavy atom. The summed E-state index contributed by atoms with van der Waals surface area (Å²) in [5.41, 5.74) is 2.95. The normalized spacial score (nSPS) is 23.5. The quantitative estimate of drug-likeness (QED) is 0.476. The van der Waals surface area contributed by atoms with Gasteiger partial charge in [-0.25, -0.2) is 0 Å². The van der Waals surface area contributed by atoms with Crippen molar-refractivity contribution in [3.63, 3.8) is 0 Å². The van der Waals surface area contributed by atoms with Gasteiger partial charge in [0.05, 0.1) is 5.60 Å². The van der Waals surface area contributed by atoms with Crippen LogP contribution >= 0.6 is 11.3 Å². The summed E-state index contributed by atoms with van der Waals surface area (Å²) < 4.78 is 7.79. The first-order valence-corrected chi connectivity index (χ1v) is 12.3. The number of hydrogen-bond donors (Lipinski definition) is 0. The van der Waals surface area contributed by atoms with E-state index in [-0.39, 0.29) is 11.0 Å². The highest BCUT2D eigenvalue weighted by atomic mass is 32.1. The summed E-state index contributed by atoms with van der Waals surface area (Å²) in [7, 11) is 2.27. The molecule has 4 heteroatoms. The number of nitrogens with zero attached hydrogens (tertiary/aromatic N) is 2. The molecule has 1 aliphatic carbocycles. The standard InChI is InChI=1S/C26H32N2OS/c1-28(18-21-19-30-23-9-3-2-8-22(21)23)16-13-25(24-10-4-7-15-27-24)14-17-29-26(20-25)11-5-6-12-26/h2-4,7-10,15,19H,5-6,11-14,16-18,20H2,1H3/t25-/m1/s1. The van der Waals surface area contributed by atoms with Gasteiger partial charge in [-0.15, -0.1) is 11.3 Å². The second-order valence-electron chi connectivity index (χ2n) is 9.41. The molecule has 1 spiro atoms. The van der Waals surface area contributed by atoms with Crippen molar-refractivity contribution in [2.45, 2.75) is 62.5 Å². The molecule has 1 atom stereocenters. The highest BCUT2D eigenvalue weighted by molar-refractivity contribution is 7.17. The number of aromatic nitrogens is 1. The molecule has 2 aromatic heterocycles. The maximum atomic E-state index is 6.40. The van der Waals surface area contributed by atoms with Crippen LogP contribution in [0.4, 0.5) is 0 Å². The third kappa shape index (κ3) is 3.93. The molecule has 1 aromatic carbocycles. The summed E-state index contributed by atoms with van der Waals surface area (Å²) in [5.74, 6) is 0. The second-order valence-corrected chi connectivity index (χ2v) is 10.3. The third-order valence-corrected chi connectivity index (χ3v) is 8.36. The lowest BCUT2D eigenvalue weighted by Crippen LogP contribution is -2.47. The van der Waals surface area contributed by atoms with Crippen molar-refractivity contribution in [1.29, 1.82) is 0 Å². The van der Waals surface area contributed by atoms with Crippen LogP contribution in [0.3, 0.4) is 0 Å². The van der Waals surface area contributed by atoms with E-state index in [1.54, 1.807) is 0 Å². The van der Waals surface area contributed by atoms with E-state index in [0.29, 0.717) is 0 Å². The molecule has 0 radical (unpaired) electrons. The zero-order chi connectivity index (χ0) is 20.4. The van der Waals surface area contributed by atoms with E-state index in [9.17, 15) is 0 Å². The van der Waals surface area contributed by atoms with Crippen LogP contribution in [0.2, 0.25) is 0 Å². The van der Waals surface area contributed by atoms with Crippen LogP contribution in [0.1, 0.15) is 56.2 Å². The van der Waals surface area contributed by atoms with E-state index >= 15 is 0 Å². The minimum atomic E-state index is 0.0951. The molecule has 158 valence electrons. The van der Waals surface area contributed by atoms with E-state index < -0.39 is 0 Å². The number of thiophene rings is 1. The Hall–Kier alpha value is -1.75. The average molecular weight is 421 g/mol. The molecule has 0 unspecified atom stereocenters. The van der Waals surface area contributed by atoms with E-state index in [0.717, 1.165) is 39.0 Å².